The van der Waals surface area contributed by atoms with Crippen LogP contribution in [0.25, 0.3) is 21.8 Å². The molecule has 0 saturated heterocycles. The van der Waals surface area contributed by atoms with Crippen molar-refractivity contribution in [3.8, 4) is 0 Å². The minimum atomic E-state index is 0.130. The highest BCUT2D eigenvalue weighted by molar-refractivity contribution is 5.91. The normalized spacial score (nSPS) is 11.2. The van der Waals surface area contributed by atoms with Gasteiger partial charge in [-0.05, 0) is 49.7 Å². The Hall–Kier alpha value is -2.86. The zero-order valence-corrected chi connectivity index (χ0v) is 20.0. The molecule has 3 aromatic rings. The first-order valence-electron chi connectivity index (χ1n) is 11.6. The number of aromatic nitrogens is 1. The largest absolute Gasteiger partial charge is 0.377 e. The number of nitrogens with one attached hydrogen (secondary N) is 1. The molecule has 0 fully saturated rings. The number of hydrogen-bond donors (Lipinski definition) is 2. The van der Waals surface area contributed by atoms with E-state index in [1.807, 2.05) is 0 Å². The maximum atomic E-state index is 12.3. The van der Waals surface area contributed by atoms with Gasteiger partial charge in [0.15, 0.2) is 0 Å². The average molecular weight is 437 g/mol. The summed E-state index contributed by atoms with van der Waals surface area (Å²) in [6, 6.07) is 15.4. The Morgan fingerprint density at radius 3 is 1.97 bits per heavy atom. The second-order valence-corrected chi connectivity index (χ2v) is 8.87. The van der Waals surface area contributed by atoms with E-state index in [-0.39, 0.29) is 5.91 Å². The first kappa shape index (κ1) is 23.8. The van der Waals surface area contributed by atoms with Gasteiger partial charge in [0.1, 0.15) is 6.54 Å². The fourth-order valence-electron chi connectivity index (χ4n) is 4.03. The second kappa shape index (κ2) is 11.1. The molecule has 0 atom stereocenters. The Kier molecular flexibility index (Phi) is 8.28. The molecule has 0 aliphatic carbocycles. The van der Waals surface area contributed by atoms with Crippen LogP contribution in [0.15, 0.2) is 42.5 Å². The smallest absolute Gasteiger partial charge is 0.220 e. The molecule has 0 bridgehead atoms. The Morgan fingerprint density at radius 2 is 1.44 bits per heavy atom. The molecular weight excluding hydrogens is 398 g/mol. The van der Waals surface area contributed by atoms with Gasteiger partial charge in [0.25, 0.3) is 0 Å². The Balaban J connectivity index is 1.85. The van der Waals surface area contributed by atoms with E-state index < -0.39 is 0 Å². The SMILES string of the molecule is CN(C)c1ccc2cc3ccc(N(C)C)cc3[n+](CCCC(=O)NCCCCCN)c2c1. The number of unbranched alkanes of at least 4 members (excludes halogenated alkanes) is 2. The quantitative estimate of drug-likeness (QED) is 0.275. The third-order valence-electron chi connectivity index (χ3n) is 5.94. The zero-order chi connectivity index (χ0) is 23.1. The molecule has 0 unspecified atom stereocenters. The van der Waals surface area contributed by atoms with Crippen LogP contribution in [-0.4, -0.2) is 47.2 Å². The van der Waals surface area contributed by atoms with E-state index in [2.05, 4.69) is 90.3 Å². The standard InChI is InChI=1S/C26H37N5O/c1-29(2)22-12-10-20-17-21-11-13-23(30(3)4)19-25(21)31(24(20)18-22)16-8-9-26(32)28-15-7-5-6-14-27/h10-13,17-19H,5-9,14-16,27H2,1-4H3/p+1. The van der Waals surface area contributed by atoms with E-state index in [0.29, 0.717) is 6.42 Å². The summed E-state index contributed by atoms with van der Waals surface area (Å²) in [4.78, 5) is 16.6. The van der Waals surface area contributed by atoms with E-state index in [1.54, 1.807) is 0 Å². The summed E-state index contributed by atoms with van der Waals surface area (Å²) in [5.74, 6) is 0.130. The number of fused-ring (bicyclic) bond motifs is 2. The van der Waals surface area contributed by atoms with Crippen LogP contribution in [0.5, 0.6) is 0 Å². The van der Waals surface area contributed by atoms with Crippen molar-refractivity contribution in [2.24, 2.45) is 5.73 Å². The van der Waals surface area contributed by atoms with Crippen molar-refractivity contribution in [1.82, 2.24) is 5.32 Å². The highest BCUT2D eigenvalue weighted by atomic mass is 16.1. The number of carbonyl (C=O) groups excluding carboxylic acids is 1. The summed E-state index contributed by atoms with van der Waals surface area (Å²) < 4.78 is 2.37. The first-order valence-corrected chi connectivity index (χ1v) is 11.6. The maximum Gasteiger partial charge on any atom is 0.220 e. The van der Waals surface area contributed by atoms with E-state index in [4.69, 9.17) is 5.73 Å². The fraction of sp³-hybridized carbons (Fsp3) is 0.462. The molecule has 1 heterocycles. The lowest BCUT2D eigenvalue weighted by molar-refractivity contribution is -0.645. The molecule has 0 aliphatic rings. The monoisotopic (exact) mass is 436 g/mol. The number of aryl methyl sites for hydroxylation is 1. The van der Waals surface area contributed by atoms with Crippen LogP contribution in [0.4, 0.5) is 11.4 Å². The van der Waals surface area contributed by atoms with Crippen molar-refractivity contribution in [3.63, 3.8) is 0 Å². The highest BCUT2D eigenvalue weighted by Gasteiger charge is 2.18. The van der Waals surface area contributed by atoms with Gasteiger partial charge in [0.2, 0.25) is 16.9 Å². The first-order chi connectivity index (χ1) is 15.4. The van der Waals surface area contributed by atoms with Crippen molar-refractivity contribution >= 4 is 39.1 Å². The number of anilines is 2. The second-order valence-electron chi connectivity index (χ2n) is 8.87. The van der Waals surface area contributed by atoms with Gasteiger partial charge >= 0.3 is 0 Å². The molecular formula is C26H38N5O+. The average Bonchev–Trinajstić information content (AvgIpc) is 2.77. The van der Waals surface area contributed by atoms with Crippen LogP contribution >= 0.6 is 0 Å². The van der Waals surface area contributed by atoms with Crippen LogP contribution in [-0.2, 0) is 11.3 Å². The van der Waals surface area contributed by atoms with Crippen molar-refractivity contribution in [2.75, 3.05) is 51.1 Å². The van der Waals surface area contributed by atoms with E-state index in [9.17, 15) is 4.79 Å². The molecule has 6 nitrogen and oxygen atoms in total. The third-order valence-corrected chi connectivity index (χ3v) is 5.94. The van der Waals surface area contributed by atoms with Crippen LogP contribution in [0.3, 0.4) is 0 Å². The lowest BCUT2D eigenvalue weighted by atomic mass is 10.1. The molecule has 0 spiro atoms. The summed E-state index contributed by atoms with van der Waals surface area (Å²) >= 11 is 0. The number of amides is 1. The Morgan fingerprint density at radius 1 is 0.844 bits per heavy atom. The van der Waals surface area contributed by atoms with E-state index >= 15 is 0 Å². The molecule has 6 heteroatoms. The number of nitrogens with zero attached hydrogens (tertiary/aromatic N) is 3. The number of hydrogen-bond acceptors (Lipinski definition) is 4. The molecule has 0 aliphatic heterocycles. The summed E-state index contributed by atoms with van der Waals surface area (Å²) in [5.41, 5.74) is 10.3. The van der Waals surface area contributed by atoms with Gasteiger partial charge in [-0.3, -0.25) is 4.79 Å². The summed E-state index contributed by atoms with van der Waals surface area (Å²) in [6.45, 7) is 2.25. The molecule has 1 amide bonds. The number of pyridine rings is 1. The Labute approximate surface area is 192 Å². The molecule has 3 rings (SSSR count). The van der Waals surface area contributed by atoms with Gasteiger partial charge in [-0.15, -0.1) is 0 Å². The van der Waals surface area contributed by atoms with Gasteiger partial charge in [-0.2, -0.15) is 4.57 Å². The molecule has 0 radical (unpaired) electrons. The zero-order valence-electron chi connectivity index (χ0n) is 20.0. The Bertz CT molecular complexity index is 995. The lowest BCUT2D eigenvalue weighted by Gasteiger charge is -2.15. The van der Waals surface area contributed by atoms with E-state index in [1.165, 1.54) is 33.2 Å². The van der Waals surface area contributed by atoms with Gasteiger partial charge in [-0.25, -0.2) is 0 Å². The topological polar surface area (TPSA) is 65.5 Å². The van der Waals surface area contributed by atoms with Gasteiger partial charge < -0.3 is 20.9 Å². The van der Waals surface area contributed by atoms with Crippen LogP contribution < -0.4 is 25.4 Å². The lowest BCUT2D eigenvalue weighted by Crippen LogP contribution is -2.37. The number of rotatable bonds is 11. The van der Waals surface area contributed by atoms with Crippen molar-refractivity contribution in [3.05, 3.63) is 42.5 Å². The van der Waals surface area contributed by atoms with Gasteiger partial charge in [0, 0.05) is 81.9 Å². The predicted octanol–water partition coefficient (Wildman–Crippen LogP) is 3.44. The molecule has 1 aromatic heterocycles. The fourth-order valence-corrected chi connectivity index (χ4v) is 4.03. The number of carbonyl (C=O) groups is 1. The molecule has 3 N–H and O–H groups in total. The van der Waals surface area contributed by atoms with Crippen LogP contribution in [0.1, 0.15) is 32.1 Å². The van der Waals surface area contributed by atoms with Crippen molar-refractivity contribution in [2.45, 2.75) is 38.6 Å². The van der Waals surface area contributed by atoms with Gasteiger partial charge in [-0.1, -0.05) is 6.42 Å². The molecule has 32 heavy (non-hydrogen) atoms. The van der Waals surface area contributed by atoms with Crippen LogP contribution in [0, 0.1) is 0 Å². The van der Waals surface area contributed by atoms with E-state index in [0.717, 1.165) is 45.3 Å². The minimum absolute atomic E-state index is 0.130. The number of benzene rings is 2. The van der Waals surface area contributed by atoms with Crippen molar-refractivity contribution < 1.29 is 9.36 Å². The molecule has 172 valence electrons. The molecule has 2 aromatic carbocycles. The maximum absolute atomic E-state index is 12.3. The number of nitrogens with two attached hydrogens (primary N) is 1. The molecule has 0 saturated carbocycles. The summed E-state index contributed by atoms with van der Waals surface area (Å²) in [6.07, 6.45) is 4.41. The van der Waals surface area contributed by atoms with Gasteiger partial charge in [0.05, 0.1) is 0 Å². The summed E-state index contributed by atoms with van der Waals surface area (Å²) in [5, 5.41) is 5.47. The predicted molar refractivity (Wildman–Crippen MR) is 135 cm³/mol. The van der Waals surface area contributed by atoms with Crippen LogP contribution in [0.2, 0.25) is 0 Å². The third kappa shape index (κ3) is 5.88. The van der Waals surface area contributed by atoms with Crippen molar-refractivity contribution in [1.29, 1.82) is 0 Å². The summed E-state index contributed by atoms with van der Waals surface area (Å²) in [7, 11) is 8.26. The minimum Gasteiger partial charge on any atom is -0.377 e. The highest BCUT2D eigenvalue weighted by Crippen LogP contribution is 2.25.